The van der Waals surface area contributed by atoms with Gasteiger partial charge in [0.25, 0.3) is 0 Å². The van der Waals surface area contributed by atoms with Gasteiger partial charge in [0, 0.05) is 26.7 Å². The quantitative estimate of drug-likeness (QED) is 0.0192. The number of ether oxygens (including phenoxy) is 6. The second kappa shape index (κ2) is 49.0. The Morgan fingerprint density at radius 2 is 0.731 bits per heavy atom. The molecule has 4 unspecified atom stereocenters. The molecule has 0 aromatic heterocycles. The number of nitrogens with zero attached hydrogens (tertiary/aromatic N) is 2. The van der Waals surface area contributed by atoms with Crippen LogP contribution in [0.15, 0.2) is 24.3 Å². The van der Waals surface area contributed by atoms with Crippen molar-refractivity contribution in [2.45, 2.75) is 258 Å². The first kappa shape index (κ1) is 74.1. The average Bonchev–Trinajstić information content (AvgIpc) is 3.36. The molecule has 0 fully saturated rings. The molecular formula is C62H114N2O14+2. The van der Waals surface area contributed by atoms with E-state index in [0.29, 0.717) is 73.8 Å². The molecule has 0 aliphatic heterocycles. The Balaban J connectivity index is 3.90. The van der Waals surface area contributed by atoms with Crippen LogP contribution in [-0.2, 0) is 57.2 Å². The Kier molecular flexibility index (Phi) is 46.6. The molecule has 78 heavy (non-hydrogen) atoms. The fourth-order valence-electron chi connectivity index (χ4n) is 8.91. The summed E-state index contributed by atoms with van der Waals surface area (Å²) >= 11 is 0. The molecule has 0 aliphatic rings. The maximum absolute atomic E-state index is 12.8. The average molecular weight is 1110 g/mol. The second-order valence-electron chi connectivity index (χ2n) is 22.8. The minimum atomic E-state index is -0.766. The standard InChI is InChI=1S/C62H114N2O14/c1-9-11-31-41-57(77-61(71)51-63(5,6)45-49-73-53(3)65)55(67)39-33-25-19-13-15-21-27-35-43-59(69)75-47-37-29-23-17-18-24-30-38-48-76-60(70)44-36-28-22-16-14-20-26-34-40-56(68)58(42-32-12-10-2)78-62(72)52-64(7,8)46-50-74-54(4)66/h25-26,33-34,55-58,67-68H,9-24,27-32,35-52H2,1-8H3/q+2. The van der Waals surface area contributed by atoms with Crippen molar-refractivity contribution in [1.29, 1.82) is 0 Å². The zero-order valence-electron chi connectivity index (χ0n) is 50.6. The van der Waals surface area contributed by atoms with E-state index >= 15 is 0 Å². The third-order valence-corrected chi connectivity index (χ3v) is 13.9. The number of carbonyl (C=O) groups is 6. The zero-order chi connectivity index (χ0) is 58.1. The first-order valence-electron chi connectivity index (χ1n) is 30.6. The Labute approximate surface area is 473 Å². The normalized spacial score (nSPS) is 13.5. The van der Waals surface area contributed by atoms with Gasteiger partial charge in [-0.15, -0.1) is 0 Å². The van der Waals surface area contributed by atoms with Crippen LogP contribution in [0.4, 0.5) is 0 Å². The van der Waals surface area contributed by atoms with E-state index < -0.39 is 24.4 Å². The fraction of sp³-hybridized carbons (Fsp3) is 0.839. The summed E-state index contributed by atoms with van der Waals surface area (Å²) in [6.07, 6.45) is 34.7. The highest BCUT2D eigenvalue weighted by molar-refractivity contribution is 5.71. The van der Waals surface area contributed by atoms with Crippen molar-refractivity contribution in [3.8, 4) is 0 Å². The Hall–Kier alpha value is -3.86. The van der Waals surface area contributed by atoms with Crippen molar-refractivity contribution >= 4 is 35.8 Å². The lowest BCUT2D eigenvalue weighted by molar-refractivity contribution is -0.883. The summed E-state index contributed by atoms with van der Waals surface area (Å²) < 4.78 is 33.2. The van der Waals surface area contributed by atoms with Crippen LogP contribution in [0.1, 0.15) is 233 Å². The van der Waals surface area contributed by atoms with Crippen molar-refractivity contribution in [3.63, 3.8) is 0 Å². The summed E-state index contributed by atoms with van der Waals surface area (Å²) in [5.41, 5.74) is 0. The molecule has 0 amide bonds. The topological polar surface area (TPSA) is 198 Å². The number of aliphatic hydroxyl groups excluding tert-OH is 2. The van der Waals surface area contributed by atoms with Crippen molar-refractivity contribution in [1.82, 2.24) is 0 Å². The van der Waals surface area contributed by atoms with E-state index in [1.54, 1.807) is 0 Å². The summed E-state index contributed by atoms with van der Waals surface area (Å²) in [7, 11) is 7.54. The van der Waals surface area contributed by atoms with Crippen LogP contribution in [0.25, 0.3) is 0 Å². The third-order valence-electron chi connectivity index (χ3n) is 13.9. The van der Waals surface area contributed by atoms with Crippen LogP contribution in [0.5, 0.6) is 0 Å². The summed E-state index contributed by atoms with van der Waals surface area (Å²) in [6.45, 7) is 9.62. The molecular weight excluding hydrogens is 997 g/mol. The van der Waals surface area contributed by atoms with Crippen molar-refractivity contribution in [2.24, 2.45) is 0 Å². The van der Waals surface area contributed by atoms with E-state index in [9.17, 15) is 39.0 Å². The van der Waals surface area contributed by atoms with E-state index in [0.717, 1.165) is 167 Å². The predicted molar refractivity (Wildman–Crippen MR) is 308 cm³/mol. The smallest absolute Gasteiger partial charge is 0.362 e. The van der Waals surface area contributed by atoms with Gasteiger partial charge in [-0.25, -0.2) is 9.59 Å². The molecule has 0 aliphatic carbocycles. The molecule has 16 heteroatoms. The van der Waals surface area contributed by atoms with Gasteiger partial charge < -0.3 is 47.6 Å². The molecule has 0 aromatic carbocycles. The summed E-state index contributed by atoms with van der Waals surface area (Å²) in [6, 6.07) is 0. The highest BCUT2D eigenvalue weighted by Gasteiger charge is 2.29. The molecule has 0 bridgehead atoms. The van der Waals surface area contributed by atoms with Gasteiger partial charge in [-0.05, 0) is 89.9 Å². The van der Waals surface area contributed by atoms with E-state index in [-0.39, 0.29) is 62.1 Å². The van der Waals surface area contributed by atoms with Crippen molar-refractivity contribution < 1.29 is 76.4 Å². The highest BCUT2D eigenvalue weighted by Crippen LogP contribution is 2.19. The SMILES string of the molecule is CCCCCC(OC(=O)C[N+](C)(C)CCOC(C)=O)C(O)CC=CCCCCCCCC(=O)OCCCCCCCCCCOC(=O)CCCCCCCC=CCC(O)C(CCCCC)OC(=O)C[N+](C)(C)CCOC(C)=O. The van der Waals surface area contributed by atoms with Crippen LogP contribution < -0.4 is 0 Å². The zero-order valence-corrected chi connectivity index (χ0v) is 50.6. The van der Waals surface area contributed by atoms with E-state index in [1.165, 1.54) is 13.8 Å². The van der Waals surface area contributed by atoms with Crippen molar-refractivity contribution in [3.05, 3.63) is 24.3 Å². The highest BCUT2D eigenvalue weighted by atomic mass is 16.6. The molecule has 0 saturated carbocycles. The molecule has 0 radical (unpaired) electrons. The molecule has 0 heterocycles. The lowest BCUT2D eigenvalue weighted by atomic mass is 10.0. The lowest BCUT2D eigenvalue weighted by Gasteiger charge is -2.30. The Morgan fingerprint density at radius 1 is 0.397 bits per heavy atom. The summed E-state index contributed by atoms with van der Waals surface area (Å²) in [5.74, 6) is -1.64. The van der Waals surface area contributed by atoms with E-state index in [2.05, 4.69) is 26.0 Å². The number of aliphatic hydroxyl groups is 2. The number of esters is 6. The number of likely N-dealkylation sites (N-methyl/N-ethyl adjacent to an activating group) is 2. The van der Waals surface area contributed by atoms with Crippen LogP contribution in [-0.4, -0.2) is 160 Å². The van der Waals surface area contributed by atoms with Gasteiger partial charge in [-0.1, -0.05) is 141 Å². The van der Waals surface area contributed by atoms with Crippen LogP contribution in [0.3, 0.4) is 0 Å². The fourth-order valence-corrected chi connectivity index (χ4v) is 8.91. The third kappa shape index (κ3) is 48.1. The van der Waals surface area contributed by atoms with Crippen LogP contribution in [0, 0.1) is 0 Å². The number of quaternary nitrogens is 2. The maximum Gasteiger partial charge on any atom is 0.362 e. The Morgan fingerprint density at radius 3 is 1.08 bits per heavy atom. The number of rotatable bonds is 53. The maximum atomic E-state index is 12.8. The van der Waals surface area contributed by atoms with Crippen LogP contribution in [0.2, 0.25) is 0 Å². The Bertz CT molecular complexity index is 1500. The first-order chi connectivity index (χ1) is 37.3. The minimum absolute atomic E-state index is 0.108. The lowest BCUT2D eigenvalue weighted by Crippen LogP contribution is -2.47. The van der Waals surface area contributed by atoms with Gasteiger partial charge in [0.2, 0.25) is 0 Å². The number of hydrogen-bond acceptors (Lipinski definition) is 14. The van der Waals surface area contributed by atoms with Crippen LogP contribution >= 0.6 is 0 Å². The molecule has 2 N–H and O–H groups in total. The molecule has 0 spiro atoms. The van der Waals surface area contributed by atoms with E-state index in [1.807, 2.05) is 40.3 Å². The van der Waals surface area contributed by atoms with Gasteiger partial charge in [0.1, 0.15) is 38.5 Å². The second-order valence-corrected chi connectivity index (χ2v) is 22.8. The molecule has 0 aromatic rings. The molecule has 0 rings (SSSR count). The number of allylic oxidation sites excluding steroid dienone is 2. The van der Waals surface area contributed by atoms with Gasteiger partial charge in [-0.2, -0.15) is 0 Å². The summed E-state index contributed by atoms with van der Waals surface area (Å²) in [5, 5.41) is 21.8. The number of hydrogen-bond donors (Lipinski definition) is 2. The van der Waals surface area contributed by atoms with Gasteiger partial charge in [0.05, 0.1) is 53.6 Å². The predicted octanol–water partition coefficient (Wildman–Crippen LogP) is 11.5. The van der Waals surface area contributed by atoms with Crippen molar-refractivity contribution in [2.75, 3.05) is 80.8 Å². The summed E-state index contributed by atoms with van der Waals surface area (Å²) in [4.78, 5) is 72.2. The number of carbonyl (C=O) groups excluding carboxylic acids is 6. The number of unbranched alkanes of at least 4 members (excludes halogenated alkanes) is 21. The molecule has 16 nitrogen and oxygen atoms in total. The monoisotopic (exact) mass is 1110 g/mol. The van der Waals surface area contributed by atoms with Gasteiger partial charge >= 0.3 is 35.8 Å². The molecule has 454 valence electrons. The first-order valence-corrected chi connectivity index (χ1v) is 30.6. The minimum Gasteiger partial charge on any atom is -0.466 e. The van der Waals surface area contributed by atoms with Gasteiger partial charge in [-0.3, -0.25) is 19.2 Å². The van der Waals surface area contributed by atoms with E-state index in [4.69, 9.17) is 28.4 Å². The molecule has 0 saturated heterocycles. The molecule has 4 atom stereocenters. The largest absolute Gasteiger partial charge is 0.466 e. The van der Waals surface area contributed by atoms with Gasteiger partial charge in [0.15, 0.2) is 13.1 Å².